The van der Waals surface area contributed by atoms with Crippen LogP contribution in [0.5, 0.6) is 0 Å². The molecule has 4 nitrogen and oxygen atoms in total. The van der Waals surface area contributed by atoms with E-state index in [1.165, 1.54) is 18.2 Å². The van der Waals surface area contributed by atoms with Gasteiger partial charge in [0, 0.05) is 0 Å². The van der Waals surface area contributed by atoms with Crippen LogP contribution in [0.3, 0.4) is 0 Å². The molecular weight excluding hydrogens is 235 g/mol. The molecule has 0 spiro atoms. The minimum absolute atomic E-state index is 0.158. The molecule has 1 unspecified atom stereocenters. The number of carbonyl (C=O) groups is 1. The summed E-state index contributed by atoms with van der Waals surface area (Å²) in [5.74, 6) is 0.853. The lowest BCUT2D eigenvalue weighted by atomic mass is 10.2. The van der Waals surface area contributed by atoms with Gasteiger partial charge in [0.15, 0.2) is 0 Å². The molecule has 1 aromatic carbocycles. The molecule has 18 heavy (non-hydrogen) atoms. The summed E-state index contributed by atoms with van der Waals surface area (Å²) in [5.41, 5.74) is -0.158. The normalized spacial score (nSPS) is 12.9. The highest BCUT2D eigenvalue weighted by atomic mass is 19.1. The van der Waals surface area contributed by atoms with Gasteiger partial charge in [-0.1, -0.05) is 18.1 Å². The van der Waals surface area contributed by atoms with Crippen LogP contribution >= 0.6 is 0 Å². The van der Waals surface area contributed by atoms with E-state index in [1.54, 1.807) is 13.0 Å². The second-order valence-corrected chi connectivity index (χ2v) is 3.41. The second-order valence-electron chi connectivity index (χ2n) is 3.41. The van der Waals surface area contributed by atoms with Gasteiger partial charge in [0.2, 0.25) is 6.23 Å². The summed E-state index contributed by atoms with van der Waals surface area (Å²) in [6.07, 6.45) is 3.24. The molecule has 0 radical (unpaired) electrons. The summed E-state index contributed by atoms with van der Waals surface area (Å²) >= 11 is 0. The van der Waals surface area contributed by atoms with Gasteiger partial charge < -0.3 is 10.1 Å². The Hall–Kier alpha value is -2.37. The molecule has 0 fully saturated rings. The highest BCUT2D eigenvalue weighted by molar-refractivity contribution is 5.94. The molecule has 92 valence electrons. The van der Waals surface area contributed by atoms with Crippen molar-refractivity contribution in [1.29, 1.82) is 5.26 Å². The second kappa shape index (κ2) is 6.39. The molecule has 1 N–H and O–H groups in total. The van der Waals surface area contributed by atoms with Crippen LogP contribution in [0, 0.1) is 29.5 Å². The fraction of sp³-hybridized carbons (Fsp3) is 0.231. The number of nitrogens with zero attached hydrogens (tertiary/aromatic N) is 1. The summed E-state index contributed by atoms with van der Waals surface area (Å²) in [7, 11) is 0. The van der Waals surface area contributed by atoms with E-state index in [2.05, 4.69) is 11.2 Å². The van der Waals surface area contributed by atoms with E-state index in [9.17, 15) is 9.18 Å². The third kappa shape index (κ3) is 3.58. The molecule has 0 saturated carbocycles. The highest BCUT2D eigenvalue weighted by Gasteiger charge is 2.17. The summed E-state index contributed by atoms with van der Waals surface area (Å²) in [6, 6.07) is 7.16. The van der Waals surface area contributed by atoms with E-state index in [1.807, 2.05) is 0 Å². The van der Waals surface area contributed by atoms with E-state index in [-0.39, 0.29) is 5.56 Å². The minimum Gasteiger partial charge on any atom is -0.329 e. The fourth-order valence-electron chi connectivity index (χ4n) is 1.18. The zero-order valence-corrected chi connectivity index (χ0v) is 9.68. The highest BCUT2D eigenvalue weighted by Crippen LogP contribution is 2.06. The van der Waals surface area contributed by atoms with E-state index in [0.717, 1.165) is 6.07 Å². The molecule has 0 aromatic heterocycles. The van der Waals surface area contributed by atoms with Crippen LogP contribution in [0.1, 0.15) is 17.3 Å². The maximum absolute atomic E-state index is 13.3. The van der Waals surface area contributed by atoms with Crippen molar-refractivity contribution < 1.29 is 13.9 Å². The molecule has 1 rings (SSSR count). The van der Waals surface area contributed by atoms with Crippen molar-refractivity contribution in [1.82, 2.24) is 5.32 Å². The Morgan fingerprint density at radius 2 is 2.22 bits per heavy atom. The molecule has 1 amide bonds. The number of nitrogens with one attached hydrogen (secondary N) is 1. The summed E-state index contributed by atoms with van der Waals surface area (Å²) < 4.78 is 18.3. The smallest absolute Gasteiger partial charge is 0.257 e. The first-order valence-electron chi connectivity index (χ1n) is 5.15. The first-order chi connectivity index (χ1) is 8.58. The molecule has 5 heteroatoms. The van der Waals surface area contributed by atoms with E-state index < -0.39 is 24.1 Å². The Balaban J connectivity index is 2.73. The molecule has 0 aliphatic rings. The van der Waals surface area contributed by atoms with E-state index in [0.29, 0.717) is 0 Å². The van der Waals surface area contributed by atoms with Crippen LogP contribution in [0.15, 0.2) is 24.3 Å². The molecule has 1 aromatic rings. The predicted molar refractivity (Wildman–Crippen MR) is 62.6 cm³/mol. The van der Waals surface area contributed by atoms with Crippen LogP contribution in [-0.4, -0.2) is 18.2 Å². The summed E-state index contributed by atoms with van der Waals surface area (Å²) in [5, 5.41) is 11.0. The molecular formula is C13H11FN2O2. The lowest BCUT2D eigenvalue weighted by molar-refractivity contribution is 0.0375. The first kappa shape index (κ1) is 13.7. The molecule has 0 heterocycles. The van der Waals surface area contributed by atoms with Crippen LogP contribution in [0.25, 0.3) is 0 Å². The third-order valence-electron chi connectivity index (χ3n) is 2.07. The molecule has 0 bridgehead atoms. The topological polar surface area (TPSA) is 62.1 Å². The number of halogens is 1. The molecule has 0 aliphatic carbocycles. The number of nitriles is 1. The van der Waals surface area contributed by atoms with Gasteiger partial charge in [-0.2, -0.15) is 5.26 Å². The van der Waals surface area contributed by atoms with Gasteiger partial charge in [0.25, 0.3) is 5.91 Å². The van der Waals surface area contributed by atoms with Crippen LogP contribution in [0.2, 0.25) is 0 Å². The van der Waals surface area contributed by atoms with Crippen molar-refractivity contribution in [3.8, 4) is 18.4 Å². The summed E-state index contributed by atoms with van der Waals surface area (Å²) in [6.45, 7) is 1.56. The van der Waals surface area contributed by atoms with E-state index >= 15 is 0 Å². The molecule has 0 aliphatic heterocycles. The Morgan fingerprint density at radius 1 is 1.56 bits per heavy atom. The standard InChI is InChI=1S/C13H11FN2O2/c1-3-9(2)18-12(8-15)16-13(17)10-6-4-5-7-11(10)14/h1,4-7,9,12H,2H3,(H,16,17)/t9-,12?/m1/s1. The monoisotopic (exact) mass is 246 g/mol. The zero-order valence-electron chi connectivity index (χ0n) is 9.68. The zero-order chi connectivity index (χ0) is 13.5. The maximum Gasteiger partial charge on any atom is 0.257 e. The quantitative estimate of drug-likeness (QED) is 0.646. The molecule has 0 saturated heterocycles. The van der Waals surface area contributed by atoms with E-state index in [4.69, 9.17) is 16.4 Å². The van der Waals surface area contributed by atoms with Crippen molar-refractivity contribution in [2.24, 2.45) is 0 Å². The number of hydrogen-bond acceptors (Lipinski definition) is 3. The number of carbonyl (C=O) groups excluding carboxylic acids is 1. The van der Waals surface area contributed by atoms with Crippen LogP contribution in [-0.2, 0) is 4.74 Å². The van der Waals surface area contributed by atoms with Gasteiger partial charge >= 0.3 is 0 Å². The van der Waals surface area contributed by atoms with Crippen molar-refractivity contribution in [2.45, 2.75) is 19.3 Å². The first-order valence-corrected chi connectivity index (χ1v) is 5.15. The number of rotatable bonds is 4. The number of amides is 1. The van der Waals surface area contributed by atoms with Gasteiger partial charge in [0.1, 0.15) is 18.0 Å². The fourth-order valence-corrected chi connectivity index (χ4v) is 1.18. The van der Waals surface area contributed by atoms with Gasteiger partial charge in [-0.15, -0.1) is 6.42 Å². The number of ether oxygens (including phenoxy) is 1. The van der Waals surface area contributed by atoms with Crippen molar-refractivity contribution in [2.75, 3.05) is 0 Å². The van der Waals surface area contributed by atoms with Gasteiger partial charge in [-0.25, -0.2) is 4.39 Å². The Morgan fingerprint density at radius 3 is 2.78 bits per heavy atom. The predicted octanol–water partition coefficient (Wildman–Crippen LogP) is 1.44. The van der Waals surface area contributed by atoms with Gasteiger partial charge in [0.05, 0.1) is 5.56 Å². The van der Waals surface area contributed by atoms with Crippen molar-refractivity contribution >= 4 is 5.91 Å². The van der Waals surface area contributed by atoms with Crippen molar-refractivity contribution in [3.63, 3.8) is 0 Å². The van der Waals surface area contributed by atoms with Gasteiger partial charge in [-0.3, -0.25) is 4.79 Å². The minimum atomic E-state index is -1.22. The lowest BCUT2D eigenvalue weighted by Gasteiger charge is -2.14. The third-order valence-corrected chi connectivity index (χ3v) is 2.07. The SMILES string of the molecule is C#C[C@@H](C)OC(C#N)NC(=O)c1ccccc1F. The number of hydrogen-bond donors (Lipinski definition) is 1. The van der Waals surface area contributed by atoms with Crippen molar-refractivity contribution in [3.05, 3.63) is 35.6 Å². The Labute approximate surface area is 104 Å². The maximum atomic E-state index is 13.3. The van der Waals surface area contributed by atoms with Gasteiger partial charge in [-0.05, 0) is 19.1 Å². The van der Waals surface area contributed by atoms with Crippen LogP contribution < -0.4 is 5.32 Å². The number of terminal acetylenes is 1. The lowest BCUT2D eigenvalue weighted by Crippen LogP contribution is -2.38. The summed E-state index contributed by atoms with van der Waals surface area (Å²) in [4.78, 5) is 11.7. The average Bonchev–Trinajstić information content (AvgIpc) is 2.38. The Bertz CT molecular complexity index is 516. The molecule has 2 atom stereocenters. The largest absolute Gasteiger partial charge is 0.329 e. The number of benzene rings is 1. The van der Waals surface area contributed by atoms with Crippen LogP contribution in [0.4, 0.5) is 4.39 Å². The Kier molecular flexibility index (Phi) is 4.86. The average molecular weight is 246 g/mol.